The number of nitrogens with two attached hydrogens (primary N) is 6. The normalized spacial score (nSPS) is 39.8. The first-order valence-electron chi connectivity index (χ1n) is 16.6. The summed E-state index contributed by atoms with van der Waals surface area (Å²) in [4.78, 5) is 36.2. The van der Waals surface area contributed by atoms with Crippen LogP contribution < -0.4 is 50.4 Å². The minimum Gasteiger partial charge on any atom is -0.389 e. The molecular formula is C28H54FN9O13. The molecule has 0 radical (unpaired) electrons. The molecule has 1 saturated carbocycles. The number of aliphatic hydroxyl groups is 6. The summed E-state index contributed by atoms with van der Waals surface area (Å²) in [5.74, 6) is -1.58. The molecular weight excluding hydrogens is 689 g/mol. The van der Waals surface area contributed by atoms with Crippen LogP contribution in [0.1, 0.15) is 25.7 Å². The van der Waals surface area contributed by atoms with Crippen molar-refractivity contribution in [1.82, 2.24) is 16.0 Å². The Morgan fingerprint density at radius 3 is 2.10 bits per heavy atom. The van der Waals surface area contributed by atoms with E-state index in [0.717, 1.165) is 0 Å². The maximum Gasteiger partial charge on any atom is 0.312 e. The fourth-order valence-corrected chi connectivity index (χ4v) is 6.04. The van der Waals surface area contributed by atoms with Gasteiger partial charge < -0.3 is 99.9 Å². The fourth-order valence-electron chi connectivity index (χ4n) is 6.04. The lowest BCUT2D eigenvalue weighted by Gasteiger charge is -2.48. The number of ether oxygens (including phenoxy) is 4. The molecule has 22 nitrogen and oxygen atoms in total. The zero-order valence-electron chi connectivity index (χ0n) is 27.9. The Labute approximate surface area is 292 Å². The Kier molecular flexibility index (Phi) is 16.5. The molecule has 2 heterocycles. The van der Waals surface area contributed by atoms with Gasteiger partial charge in [-0.3, -0.25) is 9.59 Å². The van der Waals surface area contributed by atoms with Crippen molar-refractivity contribution in [3.05, 3.63) is 0 Å². The molecule has 0 spiro atoms. The highest BCUT2D eigenvalue weighted by molar-refractivity contribution is 5.81. The number of urea groups is 1. The molecule has 3 aliphatic rings. The van der Waals surface area contributed by atoms with Gasteiger partial charge in [-0.1, -0.05) is 0 Å². The van der Waals surface area contributed by atoms with Crippen molar-refractivity contribution in [1.29, 1.82) is 0 Å². The lowest BCUT2D eigenvalue weighted by molar-refractivity contribution is -0.326. The zero-order chi connectivity index (χ0) is 38.2. The van der Waals surface area contributed by atoms with Gasteiger partial charge in [-0.25, -0.2) is 9.18 Å². The van der Waals surface area contributed by atoms with E-state index in [-0.39, 0.29) is 45.4 Å². The summed E-state index contributed by atoms with van der Waals surface area (Å²) in [6, 6.07) is -5.72. The number of nitrogens with one attached hydrogen (secondary N) is 3. The van der Waals surface area contributed by atoms with E-state index < -0.39 is 122 Å². The van der Waals surface area contributed by atoms with Crippen LogP contribution in [0.5, 0.6) is 0 Å². The minimum absolute atomic E-state index is 0.0495. The molecule has 0 aromatic rings. The van der Waals surface area contributed by atoms with E-state index in [0.29, 0.717) is 6.42 Å². The largest absolute Gasteiger partial charge is 0.389 e. The predicted octanol–water partition coefficient (Wildman–Crippen LogP) is -8.55. The van der Waals surface area contributed by atoms with Gasteiger partial charge in [-0.15, -0.1) is 0 Å². The highest BCUT2D eigenvalue weighted by Crippen LogP contribution is 2.33. The van der Waals surface area contributed by atoms with Gasteiger partial charge in [-0.2, -0.15) is 0 Å². The van der Waals surface area contributed by atoms with Crippen LogP contribution in [0.2, 0.25) is 0 Å². The van der Waals surface area contributed by atoms with Crippen LogP contribution in [0.3, 0.4) is 0 Å². The first-order chi connectivity index (χ1) is 24.0. The molecule has 0 aromatic carbocycles. The number of alkyl halides is 1. The van der Waals surface area contributed by atoms with Crippen LogP contribution in [0, 0.1) is 0 Å². The lowest BCUT2D eigenvalue weighted by Crippen LogP contribution is -2.69. The van der Waals surface area contributed by atoms with E-state index in [1.54, 1.807) is 0 Å². The summed E-state index contributed by atoms with van der Waals surface area (Å²) < 4.78 is 39.3. The standard InChI is InChI=1S/C28H54FN9O13/c29-15-22(50-27-21(44)20(43)18(41)13(7-31)48-27)10(33)6-11(38-25(46)12(39)3-4-30)23(15)51-26-19(42)16(34)17(40)14(49-26)8-37-24(45)9(32)2-1-5-36-28(35)47/h9-23,26-27,39-44H,1-8,30-34H2,(H,37,45)(H,38,46)(H3,35,36,47)/t9-,10-,11-,12+,13-,14+,15+,16-,17+,18-,19+,20+,21-,22-,23-,26+,27+/m1/s1. The number of carbonyl (C=O) groups is 3. The number of carbonyl (C=O) groups excluding carboxylic acids is 3. The molecule has 0 aromatic heterocycles. The number of amides is 4. The number of rotatable bonds is 16. The van der Waals surface area contributed by atoms with E-state index in [2.05, 4.69) is 16.0 Å². The van der Waals surface area contributed by atoms with Gasteiger partial charge in [0.1, 0.15) is 54.9 Å². The number of halogens is 1. The second kappa shape index (κ2) is 19.6. The van der Waals surface area contributed by atoms with Crippen molar-refractivity contribution >= 4 is 17.8 Å². The van der Waals surface area contributed by atoms with Gasteiger partial charge in [0.2, 0.25) is 11.8 Å². The molecule has 2 aliphatic heterocycles. The van der Waals surface area contributed by atoms with Gasteiger partial charge in [0.25, 0.3) is 0 Å². The van der Waals surface area contributed by atoms with Crippen molar-refractivity contribution in [2.45, 2.75) is 130 Å². The molecule has 17 atom stereocenters. The molecule has 3 fully saturated rings. The van der Waals surface area contributed by atoms with Gasteiger partial charge >= 0.3 is 6.03 Å². The van der Waals surface area contributed by atoms with Crippen molar-refractivity contribution < 1.29 is 68.4 Å². The fraction of sp³-hybridized carbons (Fsp3) is 0.893. The summed E-state index contributed by atoms with van der Waals surface area (Å²) in [5, 5.41) is 70.1. The maximum absolute atomic E-state index is 16.6. The lowest BCUT2D eigenvalue weighted by atomic mass is 9.84. The minimum atomic E-state index is -2.29. The molecule has 296 valence electrons. The Balaban J connectivity index is 1.78. The number of primary amides is 1. The third-order valence-electron chi connectivity index (χ3n) is 9.09. The molecule has 2 saturated heterocycles. The highest BCUT2D eigenvalue weighted by atomic mass is 19.1. The van der Waals surface area contributed by atoms with Crippen molar-refractivity contribution in [2.24, 2.45) is 34.4 Å². The maximum atomic E-state index is 16.6. The van der Waals surface area contributed by atoms with Crippen LogP contribution in [0.25, 0.3) is 0 Å². The topological polar surface area (TPSA) is 402 Å². The van der Waals surface area contributed by atoms with E-state index in [9.17, 15) is 45.0 Å². The van der Waals surface area contributed by atoms with E-state index in [1.807, 2.05) is 0 Å². The van der Waals surface area contributed by atoms with Crippen molar-refractivity contribution in [3.63, 3.8) is 0 Å². The van der Waals surface area contributed by atoms with Crippen LogP contribution in [-0.2, 0) is 28.5 Å². The third-order valence-corrected chi connectivity index (χ3v) is 9.09. The summed E-state index contributed by atoms with van der Waals surface area (Å²) in [7, 11) is 0. The molecule has 4 amide bonds. The summed E-state index contributed by atoms with van der Waals surface area (Å²) >= 11 is 0. The first-order valence-corrected chi connectivity index (χ1v) is 16.6. The van der Waals surface area contributed by atoms with Crippen molar-refractivity contribution in [2.75, 3.05) is 26.2 Å². The second-order valence-electron chi connectivity index (χ2n) is 12.9. The Bertz CT molecular complexity index is 1140. The van der Waals surface area contributed by atoms with Crippen LogP contribution >= 0.6 is 0 Å². The smallest absolute Gasteiger partial charge is 0.312 e. The average molecular weight is 744 g/mol. The molecule has 3 rings (SSSR count). The summed E-state index contributed by atoms with van der Waals surface area (Å²) in [5.41, 5.74) is 34.2. The van der Waals surface area contributed by atoms with Gasteiger partial charge in [0.15, 0.2) is 18.8 Å². The quantitative estimate of drug-likeness (QED) is 0.0652. The van der Waals surface area contributed by atoms with Crippen LogP contribution in [-0.4, -0.2) is 179 Å². The molecule has 23 heteroatoms. The summed E-state index contributed by atoms with van der Waals surface area (Å²) in [6.45, 7) is -0.545. The molecule has 1 aliphatic carbocycles. The third kappa shape index (κ3) is 11.0. The molecule has 0 unspecified atom stereocenters. The van der Waals surface area contributed by atoms with Crippen LogP contribution in [0.4, 0.5) is 9.18 Å². The second-order valence-corrected chi connectivity index (χ2v) is 12.9. The Morgan fingerprint density at radius 1 is 0.843 bits per heavy atom. The zero-order valence-corrected chi connectivity index (χ0v) is 27.9. The monoisotopic (exact) mass is 743 g/mol. The van der Waals surface area contributed by atoms with E-state index in [4.69, 9.17) is 53.3 Å². The Morgan fingerprint density at radius 2 is 1.47 bits per heavy atom. The molecule has 0 bridgehead atoms. The van der Waals surface area contributed by atoms with Gasteiger partial charge in [0.05, 0.1) is 24.2 Å². The number of hydrogen-bond donors (Lipinski definition) is 15. The van der Waals surface area contributed by atoms with E-state index >= 15 is 4.39 Å². The van der Waals surface area contributed by atoms with Gasteiger partial charge in [-0.05, 0) is 32.2 Å². The van der Waals surface area contributed by atoms with Crippen LogP contribution in [0.15, 0.2) is 0 Å². The van der Waals surface area contributed by atoms with E-state index in [1.165, 1.54) is 0 Å². The Hall–Kier alpha value is -2.46. The average Bonchev–Trinajstić information content (AvgIpc) is 3.09. The molecule has 51 heavy (non-hydrogen) atoms. The van der Waals surface area contributed by atoms with Crippen molar-refractivity contribution in [3.8, 4) is 0 Å². The predicted molar refractivity (Wildman–Crippen MR) is 171 cm³/mol. The van der Waals surface area contributed by atoms with Gasteiger partial charge in [0, 0.05) is 25.7 Å². The number of aliphatic hydroxyl groups excluding tert-OH is 6. The highest BCUT2D eigenvalue weighted by Gasteiger charge is 2.53. The number of hydrogen-bond acceptors (Lipinski definition) is 18. The summed E-state index contributed by atoms with van der Waals surface area (Å²) in [6.07, 6.45) is -21.8. The molecule has 21 N–H and O–H groups in total. The first kappa shape index (κ1) is 42.9. The SMILES string of the molecule is NCC[C@H](O)C(=O)N[C@@H]1C[C@@H](N)[C@@H](O[C@@H]2O[C@H](CN)[C@@H](O)[C@H](O)[C@H]2O)[C@H](F)[C@@H]1O[C@@H]1O[C@@H](CNC(=O)[C@H](N)CCCNC(N)=O)[C@H](O)[C@@H](N)[C@@H]1O.